The summed E-state index contributed by atoms with van der Waals surface area (Å²) < 4.78 is 7.19. The average molecular weight is 503 g/mol. The fraction of sp³-hybridized carbons (Fsp3) is 0.214. The van der Waals surface area contributed by atoms with Gasteiger partial charge >= 0.3 is 0 Å². The van der Waals surface area contributed by atoms with E-state index in [1.165, 1.54) is 0 Å². The van der Waals surface area contributed by atoms with E-state index in [1.807, 2.05) is 71.0 Å². The number of nitrogens with zero attached hydrogens (tertiary/aromatic N) is 3. The summed E-state index contributed by atoms with van der Waals surface area (Å²) in [4.78, 5) is 19.9. The van der Waals surface area contributed by atoms with Crippen LogP contribution in [0.5, 0.6) is 5.75 Å². The molecule has 3 heterocycles. The number of aliphatic hydroxyl groups excluding tert-OH is 1. The SMILES string of the molecule is COc1ccc(CN2CCn3c(CO)c(-c4ccncc4)c(Nc4cccc(Cl)c4C)c3C2=O)cc1. The molecule has 0 fully saturated rings. The minimum Gasteiger partial charge on any atom is -0.497 e. The van der Waals surface area contributed by atoms with Crippen LogP contribution in [0.2, 0.25) is 5.02 Å². The Bertz CT molecular complexity index is 1400. The van der Waals surface area contributed by atoms with Crippen LogP contribution in [0.3, 0.4) is 0 Å². The Kier molecular flexibility index (Phi) is 6.67. The number of pyridine rings is 1. The van der Waals surface area contributed by atoms with Crippen molar-refractivity contribution in [3.05, 3.63) is 94.5 Å². The molecule has 0 saturated heterocycles. The molecule has 0 saturated carbocycles. The molecule has 36 heavy (non-hydrogen) atoms. The number of hydrogen-bond acceptors (Lipinski definition) is 5. The Morgan fingerprint density at radius 3 is 2.53 bits per heavy atom. The molecule has 1 aliphatic heterocycles. The van der Waals surface area contributed by atoms with Crippen LogP contribution >= 0.6 is 11.6 Å². The van der Waals surface area contributed by atoms with E-state index >= 15 is 0 Å². The topological polar surface area (TPSA) is 79.6 Å². The van der Waals surface area contributed by atoms with Gasteiger partial charge in [-0.2, -0.15) is 0 Å². The van der Waals surface area contributed by atoms with Crippen LogP contribution in [0.1, 0.15) is 27.3 Å². The van der Waals surface area contributed by atoms with E-state index in [-0.39, 0.29) is 12.5 Å². The first-order valence-corrected chi connectivity index (χ1v) is 12.1. The van der Waals surface area contributed by atoms with E-state index in [1.54, 1.807) is 19.5 Å². The Morgan fingerprint density at radius 1 is 1.08 bits per heavy atom. The standard InChI is InChI=1S/C28H27ClN4O3/c1-18-22(29)4-3-5-23(18)31-26-25(20-10-12-30-13-11-20)24(17-34)33-15-14-32(28(35)27(26)33)16-19-6-8-21(36-2)9-7-19/h3-13,31,34H,14-17H2,1-2H3. The molecule has 0 aliphatic carbocycles. The van der Waals surface area contributed by atoms with E-state index in [4.69, 9.17) is 16.3 Å². The molecule has 0 atom stereocenters. The maximum absolute atomic E-state index is 13.9. The van der Waals surface area contributed by atoms with Crippen molar-refractivity contribution in [2.75, 3.05) is 19.0 Å². The van der Waals surface area contributed by atoms with Gasteiger partial charge in [0.25, 0.3) is 5.91 Å². The molecule has 2 aromatic carbocycles. The first kappa shape index (κ1) is 23.9. The highest BCUT2D eigenvalue weighted by molar-refractivity contribution is 6.31. The minimum atomic E-state index is -0.202. The average Bonchev–Trinajstić information content (AvgIpc) is 3.23. The number of halogens is 1. The molecular formula is C28H27ClN4O3. The summed E-state index contributed by atoms with van der Waals surface area (Å²) in [6.45, 7) is 3.31. The fourth-order valence-corrected chi connectivity index (χ4v) is 4.88. The third-order valence-corrected chi connectivity index (χ3v) is 7.04. The van der Waals surface area contributed by atoms with Crippen LogP contribution in [-0.2, 0) is 19.7 Å². The maximum Gasteiger partial charge on any atom is 0.273 e. The molecule has 184 valence electrons. The number of ether oxygens (including phenoxy) is 1. The molecule has 0 bridgehead atoms. The third kappa shape index (κ3) is 4.32. The van der Waals surface area contributed by atoms with E-state index in [0.29, 0.717) is 41.7 Å². The molecule has 2 N–H and O–H groups in total. The lowest BCUT2D eigenvalue weighted by molar-refractivity contribution is 0.0688. The molecule has 7 nitrogen and oxygen atoms in total. The summed E-state index contributed by atoms with van der Waals surface area (Å²) in [7, 11) is 1.63. The van der Waals surface area contributed by atoms with Crippen molar-refractivity contribution in [3.8, 4) is 16.9 Å². The van der Waals surface area contributed by atoms with Gasteiger partial charge in [-0.1, -0.05) is 29.8 Å². The fourth-order valence-electron chi connectivity index (χ4n) is 4.70. The van der Waals surface area contributed by atoms with Gasteiger partial charge in [0.05, 0.1) is 25.1 Å². The first-order chi connectivity index (χ1) is 17.5. The number of benzene rings is 2. The zero-order valence-corrected chi connectivity index (χ0v) is 20.9. The molecule has 1 aliphatic rings. The summed E-state index contributed by atoms with van der Waals surface area (Å²) >= 11 is 6.40. The van der Waals surface area contributed by atoms with Gasteiger partial charge in [0.15, 0.2) is 0 Å². The van der Waals surface area contributed by atoms with Crippen molar-refractivity contribution in [1.29, 1.82) is 0 Å². The molecule has 8 heteroatoms. The highest BCUT2D eigenvalue weighted by Gasteiger charge is 2.34. The predicted octanol–water partition coefficient (Wildman–Crippen LogP) is 5.41. The van der Waals surface area contributed by atoms with Crippen LogP contribution < -0.4 is 10.1 Å². The van der Waals surface area contributed by atoms with Crippen LogP contribution in [0.4, 0.5) is 11.4 Å². The van der Waals surface area contributed by atoms with Gasteiger partial charge in [-0.25, -0.2) is 0 Å². The third-order valence-electron chi connectivity index (χ3n) is 6.63. The van der Waals surface area contributed by atoms with E-state index in [0.717, 1.165) is 33.7 Å². The number of carbonyl (C=O) groups excluding carboxylic acids is 1. The number of aliphatic hydroxyl groups is 1. The lowest BCUT2D eigenvalue weighted by atomic mass is 10.0. The second kappa shape index (κ2) is 10.0. The van der Waals surface area contributed by atoms with Crippen LogP contribution in [0, 0.1) is 6.92 Å². The van der Waals surface area contributed by atoms with Crippen molar-refractivity contribution >= 4 is 28.9 Å². The molecule has 0 spiro atoms. The second-order valence-corrected chi connectivity index (χ2v) is 9.11. The van der Waals surface area contributed by atoms with Crippen LogP contribution in [0.15, 0.2) is 67.0 Å². The molecule has 1 amide bonds. The summed E-state index contributed by atoms with van der Waals surface area (Å²) in [6, 6.07) is 17.1. The smallest absolute Gasteiger partial charge is 0.273 e. The maximum atomic E-state index is 13.9. The molecule has 2 aromatic heterocycles. The lowest BCUT2D eigenvalue weighted by Gasteiger charge is -2.30. The van der Waals surface area contributed by atoms with Crippen molar-refractivity contribution in [3.63, 3.8) is 0 Å². The highest BCUT2D eigenvalue weighted by atomic mass is 35.5. The number of aromatic nitrogens is 2. The quantitative estimate of drug-likeness (QED) is 0.353. The van der Waals surface area contributed by atoms with Crippen molar-refractivity contribution in [2.24, 2.45) is 0 Å². The number of nitrogens with one attached hydrogen (secondary N) is 1. The van der Waals surface area contributed by atoms with Gasteiger partial charge in [-0.05, 0) is 60.0 Å². The monoisotopic (exact) mass is 502 g/mol. The molecular weight excluding hydrogens is 476 g/mol. The zero-order chi connectivity index (χ0) is 25.2. The number of carbonyl (C=O) groups is 1. The Morgan fingerprint density at radius 2 is 1.83 bits per heavy atom. The summed E-state index contributed by atoms with van der Waals surface area (Å²) in [5, 5.41) is 14.6. The van der Waals surface area contributed by atoms with Gasteiger partial charge in [-0.15, -0.1) is 0 Å². The van der Waals surface area contributed by atoms with Gasteiger partial charge in [0.1, 0.15) is 11.4 Å². The zero-order valence-electron chi connectivity index (χ0n) is 20.2. The Balaban J connectivity index is 1.62. The van der Waals surface area contributed by atoms with Gasteiger partial charge in [0, 0.05) is 48.3 Å². The Labute approximate surface area is 214 Å². The molecule has 0 radical (unpaired) electrons. The number of amides is 1. The minimum absolute atomic E-state index is 0.103. The highest BCUT2D eigenvalue weighted by Crippen LogP contribution is 2.42. The number of hydrogen-bond donors (Lipinski definition) is 2. The van der Waals surface area contributed by atoms with Crippen molar-refractivity contribution in [2.45, 2.75) is 26.6 Å². The number of anilines is 2. The number of rotatable bonds is 7. The normalized spacial score (nSPS) is 13.0. The number of methoxy groups -OCH3 is 1. The van der Waals surface area contributed by atoms with Crippen LogP contribution in [0.25, 0.3) is 11.1 Å². The van der Waals surface area contributed by atoms with Gasteiger partial charge in [0.2, 0.25) is 0 Å². The first-order valence-electron chi connectivity index (χ1n) is 11.7. The predicted molar refractivity (Wildman–Crippen MR) is 141 cm³/mol. The second-order valence-electron chi connectivity index (χ2n) is 8.70. The van der Waals surface area contributed by atoms with Crippen molar-refractivity contribution in [1.82, 2.24) is 14.5 Å². The van der Waals surface area contributed by atoms with Gasteiger partial charge < -0.3 is 24.6 Å². The van der Waals surface area contributed by atoms with Crippen LogP contribution in [-0.4, -0.2) is 39.1 Å². The summed E-state index contributed by atoms with van der Waals surface area (Å²) in [5.41, 5.74) is 6.21. The van der Waals surface area contributed by atoms with Crippen molar-refractivity contribution < 1.29 is 14.6 Å². The largest absolute Gasteiger partial charge is 0.497 e. The Hall–Kier alpha value is -3.81. The number of fused-ring (bicyclic) bond motifs is 1. The summed E-state index contributed by atoms with van der Waals surface area (Å²) in [6.07, 6.45) is 3.42. The van der Waals surface area contributed by atoms with E-state index < -0.39 is 0 Å². The van der Waals surface area contributed by atoms with E-state index in [2.05, 4.69) is 10.3 Å². The summed E-state index contributed by atoms with van der Waals surface area (Å²) in [5.74, 6) is 0.671. The van der Waals surface area contributed by atoms with E-state index in [9.17, 15) is 9.90 Å². The molecule has 5 rings (SSSR count). The molecule has 4 aromatic rings. The van der Waals surface area contributed by atoms with Gasteiger partial charge in [-0.3, -0.25) is 9.78 Å². The molecule has 0 unspecified atom stereocenters. The lowest BCUT2D eigenvalue weighted by Crippen LogP contribution is -2.40.